The van der Waals surface area contributed by atoms with Gasteiger partial charge in [0.1, 0.15) is 16.7 Å². The molecule has 38 heavy (non-hydrogen) atoms. The maximum absolute atomic E-state index is 14.2. The number of nitrogen functional groups attached to an aromatic ring is 1. The van der Waals surface area contributed by atoms with Crippen LogP contribution in [0.2, 0.25) is 0 Å². The summed E-state index contributed by atoms with van der Waals surface area (Å²) < 4.78 is 9.34. The number of nitrogens with one attached hydrogen (secondary N) is 1. The van der Waals surface area contributed by atoms with E-state index in [1.807, 2.05) is 32.0 Å². The summed E-state index contributed by atoms with van der Waals surface area (Å²) in [6, 6.07) is 11.8. The molecule has 10 heteroatoms. The second kappa shape index (κ2) is 11.6. The van der Waals surface area contributed by atoms with E-state index >= 15 is 0 Å². The van der Waals surface area contributed by atoms with E-state index in [9.17, 15) is 14.4 Å². The highest BCUT2D eigenvalue weighted by Crippen LogP contribution is 2.35. The van der Waals surface area contributed by atoms with E-state index < -0.39 is 17.9 Å². The van der Waals surface area contributed by atoms with Crippen molar-refractivity contribution in [1.82, 2.24) is 9.69 Å². The van der Waals surface area contributed by atoms with Crippen LogP contribution in [-0.4, -0.2) is 35.2 Å². The van der Waals surface area contributed by atoms with Crippen LogP contribution in [-0.2, 0) is 4.79 Å². The van der Waals surface area contributed by atoms with Crippen LogP contribution in [0.5, 0.6) is 5.75 Å². The Balaban J connectivity index is 1.87. The first kappa shape index (κ1) is 27.1. The van der Waals surface area contributed by atoms with Gasteiger partial charge >= 0.3 is 0 Å². The standard InChI is InChI=1S/C28H33N5O4S/c1-16-13-17(2)15-20(14-16)33(28(36)25-22(29)23(26(30)34)32-38-25)24(18-9-11-21(37-3)12-10-18)27(35)31-19-7-5-4-6-8-19/h9-15,19,24H,4-8,29H2,1-3H3,(H2,30,34)(H,31,35)/t24-/m1/s1. The average molecular weight is 536 g/mol. The molecule has 3 aromatic rings. The molecule has 0 radical (unpaired) electrons. The van der Waals surface area contributed by atoms with E-state index in [1.54, 1.807) is 31.4 Å². The zero-order valence-electron chi connectivity index (χ0n) is 21.8. The number of hydrogen-bond acceptors (Lipinski definition) is 7. The maximum atomic E-state index is 14.2. The van der Waals surface area contributed by atoms with Gasteiger partial charge < -0.3 is 21.5 Å². The van der Waals surface area contributed by atoms with Gasteiger partial charge in [-0.15, -0.1) is 0 Å². The third-order valence-electron chi connectivity index (χ3n) is 6.75. The van der Waals surface area contributed by atoms with Crippen LogP contribution in [0.3, 0.4) is 0 Å². The van der Waals surface area contributed by atoms with E-state index in [1.165, 1.54) is 4.90 Å². The van der Waals surface area contributed by atoms with E-state index in [4.69, 9.17) is 16.2 Å². The lowest BCUT2D eigenvalue weighted by molar-refractivity contribution is -0.123. The highest BCUT2D eigenvalue weighted by molar-refractivity contribution is 7.09. The zero-order valence-corrected chi connectivity index (χ0v) is 22.6. The van der Waals surface area contributed by atoms with Crippen LogP contribution in [0.4, 0.5) is 11.4 Å². The van der Waals surface area contributed by atoms with Gasteiger partial charge in [-0.3, -0.25) is 19.3 Å². The molecule has 9 nitrogen and oxygen atoms in total. The largest absolute Gasteiger partial charge is 0.497 e. The van der Waals surface area contributed by atoms with Crippen LogP contribution in [0.25, 0.3) is 0 Å². The van der Waals surface area contributed by atoms with E-state index in [-0.39, 0.29) is 28.2 Å². The summed E-state index contributed by atoms with van der Waals surface area (Å²) in [4.78, 5) is 41.6. The molecule has 4 rings (SSSR count). The van der Waals surface area contributed by atoms with Gasteiger partial charge in [0, 0.05) is 11.7 Å². The van der Waals surface area contributed by atoms with Crippen molar-refractivity contribution < 1.29 is 19.1 Å². The number of aryl methyl sites for hydroxylation is 2. The highest BCUT2D eigenvalue weighted by atomic mass is 32.1. The summed E-state index contributed by atoms with van der Waals surface area (Å²) in [5.41, 5.74) is 14.3. The number of benzene rings is 2. The van der Waals surface area contributed by atoms with Gasteiger partial charge in [-0.25, -0.2) is 0 Å². The number of ether oxygens (including phenoxy) is 1. The molecule has 0 bridgehead atoms. The average Bonchev–Trinajstić information content (AvgIpc) is 3.28. The van der Waals surface area contributed by atoms with Gasteiger partial charge in [0.05, 0.1) is 12.8 Å². The number of methoxy groups -OCH3 is 1. The first-order valence-corrected chi connectivity index (χ1v) is 13.4. The lowest BCUT2D eigenvalue weighted by Gasteiger charge is -2.33. The number of hydrogen-bond donors (Lipinski definition) is 3. The third-order valence-corrected chi connectivity index (χ3v) is 7.60. The monoisotopic (exact) mass is 535 g/mol. The van der Waals surface area contributed by atoms with Crippen molar-refractivity contribution in [3.05, 3.63) is 69.7 Å². The Hall–Kier alpha value is -3.92. The van der Waals surface area contributed by atoms with Crippen LogP contribution < -0.4 is 26.4 Å². The first-order chi connectivity index (χ1) is 18.2. The van der Waals surface area contributed by atoms with Gasteiger partial charge in [-0.2, -0.15) is 4.37 Å². The molecule has 0 spiro atoms. The first-order valence-electron chi connectivity index (χ1n) is 12.6. The van der Waals surface area contributed by atoms with Crippen molar-refractivity contribution in [2.75, 3.05) is 17.7 Å². The minimum absolute atomic E-state index is 0.0307. The van der Waals surface area contributed by atoms with Crippen molar-refractivity contribution >= 4 is 40.6 Å². The van der Waals surface area contributed by atoms with Crippen LogP contribution in [0.1, 0.15) is 75.0 Å². The number of primary amides is 1. The highest BCUT2D eigenvalue weighted by Gasteiger charge is 2.37. The molecule has 5 N–H and O–H groups in total. The van der Waals surface area contributed by atoms with Crippen molar-refractivity contribution in [2.24, 2.45) is 5.73 Å². The fourth-order valence-electron chi connectivity index (χ4n) is 4.94. The SMILES string of the molecule is COc1ccc([C@H](C(=O)NC2CCCCC2)N(C(=O)c2snc(C(N)=O)c2N)c2cc(C)cc(C)c2)cc1. The predicted octanol–water partition coefficient (Wildman–Crippen LogP) is 4.29. The zero-order chi connectivity index (χ0) is 27.4. The Morgan fingerprint density at radius 2 is 1.68 bits per heavy atom. The van der Waals surface area contributed by atoms with Gasteiger partial charge in [0.15, 0.2) is 5.69 Å². The predicted molar refractivity (Wildman–Crippen MR) is 149 cm³/mol. The summed E-state index contributed by atoms with van der Waals surface area (Å²) in [6.45, 7) is 3.85. The van der Waals surface area contributed by atoms with E-state index in [0.717, 1.165) is 54.8 Å². The number of nitrogens with two attached hydrogens (primary N) is 2. The molecular formula is C28H33N5O4S. The topological polar surface area (TPSA) is 141 Å². The Kier molecular flexibility index (Phi) is 8.31. The third kappa shape index (κ3) is 5.80. The molecule has 1 aliphatic carbocycles. The van der Waals surface area contributed by atoms with Gasteiger partial charge in [0.2, 0.25) is 5.91 Å². The molecule has 1 fully saturated rings. The number of carbonyl (C=O) groups is 3. The molecule has 1 atom stereocenters. The van der Waals surface area contributed by atoms with Crippen LogP contribution in [0, 0.1) is 13.8 Å². The minimum Gasteiger partial charge on any atom is -0.497 e. The summed E-state index contributed by atoms with van der Waals surface area (Å²) in [7, 11) is 1.57. The van der Waals surface area contributed by atoms with Crippen molar-refractivity contribution in [1.29, 1.82) is 0 Å². The van der Waals surface area contributed by atoms with Crippen molar-refractivity contribution in [3.8, 4) is 5.75 Å². The van der Waals surface area contributed by atoms with Gasteiger partial charge in [-0.05, 0) is 79.2 Å². The molecule has 200 valence electrons. The van der Waals surface area contributed by atoms with Crippen molar-refractivity contribution in [2.45, 2.75) is 58.0 Å². The number of nitrogens with zero attached hydrogens (tertiary/aromatic N) is 2. The van der Waals surface area contributed by atoms with Gasteiger partial charge in [0.25, 0.3) is 11.8 Å². The lowest BCUT2D eigenvalue weighted by Crippen LogP contribution is -2.47. The fraction of sp³-hybridized carbons (Fsp3) is 0.357. The summed E-state index contributed by atoms with van der Waals surface area (Å²) in [5.74, 6) is -1.04. The lowest BCUT2D eigenvalue weighted by atomic mass is 9.94. The second-order valence-electron chi connectivity index (χ2n) is 9.68. The van der Waals surface area contributed by atoms with Gasteiger partial charge in [-0.1, -0.05) is 37.5 Å². The number of anilines is 2. The Morgan fingerprint density at radius 1 is 1.05 bits per heavy atom. The minimum atomic E-state index is -1.02. The quantitative estimate of drug-likeness (QED) is 0.393. The molecule has 1 saturated carbocycles. The molecule has 3 amide bonds. The Labute approximate surface area is 226 Å². The molecule has 0 saturated heterocycles. The maximum Gasteiger partial charge on any atom is 0.273 e. The number of carbonyl (C=O) groups excluding carboxylic acids is 3. The number of amides is 3. The molecule has 0 unspecified atom stereocenters. The smallest absolute Gasteiger partial charge is 0.273 e. The molecule has 0 aliphatic heterocycles. The summed E-state index contributed by atoms with van der Waals surface area (Å²) >= 11 is 0.791. The van der Waals surface area contributed by atoms with E-state index in [0.29, 0.717) is 17.0 Å². The fourth-order valence-corrected chi connectivity index (χ4v) is 5.69. The summed E-state index contributed by atoms with van der Waals surface area (Å²) in [5, 5.41) is 3.19. The molecular weight excluding hydrogens is 502 g/mol. The summed E-state index contributed by atoms with van der Waals surface area (Å²) in [6.07, 6.45) is 5.02. The Bertz CT molecular complexity index is 1310. The molecule has 1 heterocycles. The van der Waals surface area contributed by atoms with E-state index in [2.05, 4.69) is 9.69 Å². The molecule has 1 aromatic heterocycles. The molecule has 2 aromatic carbocycles. The normalized spacial score (nSPS) is 14.5. The number of rotatable bonds is 8. The van der Waals surface area contributed by atoms with Crippen LogP contribution in [0.15, 0.2) is 42.5 Å². The van der Waals surface area contributed by atoms with Crippen molar-refractivity contribution in [3.63, 3.8) is 0 Å². The molecule has 1 aliphatic rings. The van der Waals surface area contributed by atoms with Crippen LogP contribution >= 0.6 is 11.5 Å². The second-order valence-corrected chi connectivity index (χ2v) is 10.5. The number of aromatic nitrogens is 1. The Morgan fingerprint density at radius 3 is 2.24 bits per heavy atom.